The van der Waals surface area contributed by atoms with Crippen molar-refractivity contribution in [2.75, 3.05) is 40.3 Å². The van der Waals surface area contributed by atoms with Gasteiger partial charge in [0.05, 0.1) is 0 Å². The van der Waals surface area contributed by atoms with Gasteiger partial charge in [0.15, 0.2) is 0 Å². The van der Waals surface area contributed by atoms with Gasteiger partial charge in [-0.3, -0.25) is 4.90 Å². The van der Waals surface area contributed by atoms with Gasteiger partial charge >= 0.3 is 0 Å². The van der Waals surface area contributed by atoms with E-state index in [1.807, 2.05) is 0 Å². The van der Waals surface area contributed by atoms with Gasteiger partial charge in [-0.25, -0.2) is 0 Å². The first-order valence-corrected chi connectivity index (χ1v) is 6.75. The normalized spacial score (nSPS) is 27.6. The fourth-order valence-corrected chi connectivity index (χ4v) is 2.32. The standard InChI is InChI=1S/C13H29N3/c1-5-13-11-16(12(2)10-14-13)9-7-6-8-15(3)4/h12-14H,5-11H2,1-4H3. The largest absolute Gasteiger partial charge is 0.311 e. The third kappa shape index (κ3) is 4.81. The number of unbranched alkanes of at least 4 members (excludes halogenated alkanes) is 1. The van der Waals surface area contributed by atoms with Crippen LogP contribution in [0.25, 0.3) is 0 Å². The van der Waals surface area contributed by atoms with Crippen LogP contribution in [0.15, 0.2) is 0 Å². The van der Waals surface area contributed by atoms with Gasteiger partial charge in [-0.15, -0.1) is 0 Å². The summed E-state index contributed by atoms with van der Waals surface area (Å²) in [5.74, 6) is 0. The summed E-state index contributed by atoms with van der Waals surface area (Å²) in [4.78, 5) is 4.93. The Morgan fingerprint density at radius 2 is 2.06 bits per heavy atom. The Morgan fingerprint density at radius 3 is 2.69 bits per heavy atom. The smallest absolute Gasteiger partial charge is 0.0193 e. The van der Waals surface area contributed by atoms with Crippen molar-refractivity contribution >= 4 is 0 Å². The first kappa shape index (κ1) is 13.9. The van der Waals surface area contributed by atoms with E-state index in [4.69, 9.17) is 0 Å². The van der Waals surface area contributed by atoms with Crippen molar-refractivity contribution in [3.63, 3.8) is 0 Å². The fraction of sp³-hybridized carbons (Fsp3) is 1.00. The molecule has 1 aliphatic rings. The predicted molar refractivity (Wildman–Crippen MR) is 70.9 cm³/mol. The maximum absolute atomic E-state index is 3.61. The van der Waals surface area contributed by atoms with E-state index in [1.165, 1.54) is 38.9 Å². The SMILES string of the molecule is CCC1CN(CCCCN(C)C)C(C)CN1. The molecule has 0 amide bonds. The monoisotopic (exact) mass is 227 g/mol. The van der Waals surface area contributed by atoms with Gasteiger partial charge in [-0.1, -0.05) is 6.92 Å². The maximum Gasteiger partial charge on any atom is 0.0193 e. The third-order valence-corrected chi connectivity index (χ3v) is 3.57. The van der Waals surface area contributed by atoms with E-state index in [0.717, 1.165) is 6.54 Å². The van der Waals surface area contributed by atoms with Crippen molar-refractivity contribution in [2.45, 2.75) is 45.2 Å². The van der Waals surface area contributed by atoms with Gasteiger partial charge in [-0.2, -0.15) is 0 Å². The second-order valence-electron chi connectivity index (χ2n) is 5.37. The van der Waals surface area contributed by atoms with E-state index in [-0.39, 0.29) is 0 Å². The van der Waals surface area contributed by atoms with Crippen LogP contribution in [0, 0.1) is 0 Å². The Labute approximate surface area is 101 Å². The molecule has 1 aliphatic heterocycles. The molecule has 1 heterocycles. The van der Waals surface area contributed by atoms with Crippen LogP contribution in [0.3, 0.4) is 0 Å². The Hall–Kier alpha value is -0.120. The summed E-state index contributed by atoms with van der Waals surface area (Å²) < 4.78 is 0. The van der Waals surface area contributed by atoms with Crippen molar-refractivity contribution < 1.29 is 0 Å². The number of hydrogen-bond donors (Lipinski definition) is 1. The number of hydrogen-bond acceptors (Lipinski definition) is 3. The van der Waals surface area contributed by atoms with E-state index in [1.54, 1.807) is 0 Å². The lowest BCUT2D eigenvalue weighted by atomic mass is 10.1. The summed E-state index contributed by atoms with van der Waals surface area (Å²) in [6, 6.07) is 1.42. The highest BCUT2D eigenvalue weighted by molar-refractivity contribution is 4.82. The van der Waals surface area contributed by atoms with Crippen LogP contribution in [0.5, 0.6) is 0 Å². The highest BCUT2D eigenvalue weighted by Gasteiger charge is 2.22. The Kier molecular flexibility index (Phi) is 6.32. The van der Waals surface area contributed by atoms with Crippen molar-refractivity contribution in [2.24, 2.45) is 0 Å². The van der Waals surface area contributed by atoms with Crippen molar-refractivity contribution in [1.82, 2.24) is 15.1 Å². The highest BCUT2D eigenvalue weighted by Crippen LogP contribution is 2.10. The molecule has 2 unspecified atom stereocenters. The minimum Gasteiger partial charge on any atom is -0.311 e. The molecule has 1 saturated heterocycles. The summed E-state index contributed by atoms with van der Waals surface area (Å²) in [5, 5.41) is 3.61. The van der Waals surface area contributed by atoms with E-state index >= 15 is 0 Å². The van der Waals surface area contributed by atoms with Gasteiger partial charge < -0.3 is 10.2 Å². The maximum atomic E-state index is 3.61. The van der Waals surface area contributed by atoms with Gasteiger partial charge in [-0.05, 0) is 53.4 Å². The van der Waals surface area contributed by atoms with Crippen LogP contribution in [0.2, 0.25) is 0 Å². The summed E-state index contributed by atoms with van der Waals surface area (Å²) >= 11 is 0. The summed E-state index contributed by atoms with van der Waals surface area (Å²) in [6.45, 7) is 9.50. The molecular weight excluding hydrogens is 198 g/mol. The Bertz CT molecular complexity index is 182. The molecule has 2 atom stereocenters. The molecule has 3 heteroatoms. The highest BCUT2D eigenvalue weighted by atomic mass is 15.2. The van der Waals surface area contributed by atoms with Crippen molar-refractivity contribution in [3.8, 4) is 0 Å². The lowest BCUT2D eigenvalue weighted by molar-refractivity contribution is 0.136. The van der Waals surface area contributed by atoms with Gasteiger partial charge in [0.25, 0.3) is 0 Å². The molecule has 16 heavy (non-hydrogen) atoms. The molecule has 0 radical (unpaired) electrons. The average molecular weight is 227 g/mol. The van der Waals surface area contributed by atoms with E-state index in [9.17, 15) is 0 Å². The van der Waals surface area contributed by atoms with Crippen LogP contribution in [0.4, 0.5) is 0 Å². The predicted octanol–water partition coefficient (Wildman–Crippen LogP) is 1.40. The van der Waals surface area contributed by atoms with Crippen molar-refractivity contribution in [1.29, 1.82) is 0 Å². The minimum atomic E-state index is 0.710. The first-order valence-electron chi connectivity index (χ1n) is 6.75. The quantitative estimate of drug-likeness (QED) is 0.692. The fourth-order valence-electron chi connectivity index (χ4n) is 2.32. The first-order chi connectivity index (χ1) is 7.63. The molecule has 1 rings (SSSR count). The van der Waals surface area contributed by atoms with E-state index in [2.05, 4.69) is 43.1 Å². The summed E-state index contributed by atoms with van der Waals surface area (Å²) in [7, 11) is 4.31. The molecule has 0 bridgehead atoms. The second-order valence-corrected chi connectivity index (χ2v) is 5.37. The zero-order valence-electron chi connectivity index (χ0n) is 11.5. The van der Waals surface area contributed by atoms with Crippen LogP contribution in [-0.4, -0.2) is 62.2 Å². The molecule has 0 aromatic rings. The van der Waals surface area contributed by atoms with Crippen LogP contribution >= 0.6 is 0 Å². The van der Waals surface area contributed by atoms with Crippen molar-refractivity contribution in [3.05, 3.63) is 0 Å². The minimum absolute atomic E-state index is 0.710. The Morgan fingerprint density at radius 1 is 1.31 bits per heavy atom. The molecular formula is C13H29N3. The molecule has 1 fully saturated rings. The van der Waals surface area contributed by atoms with E-state index < -0.39 is 0 Å². The number of nitrogens with zero attached hydrogens (tertiary/aromatic N) is 2. The molecule has 0 spiro atoms. The zero-order valence-corrected chi connectivity index (χ0v) is 11.5. The molecule has 0 saturated carbocycles. The zero-order chi connectivity index (χ0) is 12.0. The summed E-state index contributed by atoms with van der Waals surface area (Å²) in [5.41, 5.74) is 0. The van der Waals surface area contributed by atoms with Crippen LogP contribution in [0.1, 0.15) is 33.1 Å². The molecule has 96 valence electrons. The van der Waals surface area contributed by atoms with Gasteiger partial charge in [0.2, 0.25) is 0 Å². The number of rotatable bonds is 6. The van der Waals surface area contributed by atoms with Crippen LogP contribution < -0.4 is 5.32 Å². The van der Waals surface area contributed by atoms with Gasteiger partial charge in [0, 0.05) is 25.2 Å². The average Bonchev–Trinajstić information content (AvgIpc) is 2.26. The third-order valence-electron chi connectivity index (χ3n) is 3.57. The Balaban J connectivity index is 2.18. The van der Waals surface area contributed by atoms with E-state index in [0.29, 0.717) is 12.1 Å². The topological polar surface area (TPSA) is 18.5 Å². The lowest BCUT2D eigenvalue weighted by Crippen LogP contribution is -2.55. The summed E-state index contributed by atoms with van der Waals surface area (Å²) in [6.07, 6.45) is 3.90. The van der Waals surface area contributed by atoms with Crippen LogP contribution in [-0.2, 0) is 0 Å². The molecule has 0 aromatic carbocycles. The van der Waals surface area contributed by atoms with Gasteiger partial charge in [0.1, 0.15) is 0 Å². The molecule has 0 aromatic heterocycles. The second kappa shape index (κ2) is 7.25. The molecule has 0 aliphatic carbocycles. The molecule has 3 nitrogen and oxygen atoms in total. The lowest BCUT2D eigenvalue weighted by Gasteiger charge is -2.38. The number of piperazine rings is 1. The number of nitrogens with one attached hydrogen (secondary N) is 1. The molecule has 1 N–H and O–H groups in total.